The summed E-state index contributed by atoms with van der Waals surface area (Å²) in [5, 5.41) is 8.70. The quantitative estimate of drug-likeness (QED) is 0.561. The van der Waals surface area contributed by atoms with Crippen LogP contribution in [-0.4, -0.2) is 43.9 Å². The van der Waals surface area contributed by atoms with Crippen molar-refractivity contribution in [1.82, 2.24) is 4.31 Å². The maximum atomic E-state index is 12.3. The molecule has 0 amide bonds. The van der Waals surface area contributed by atoms with Gasteiger partial charge in [0.05, 0.1) is 4.90 Å². The van der Waals surface area contributed by atoms with Gasteiger partial charge in [0, 0.05) is 26.1 Å². The maximum Gasteiger partial charge on any atom is 0.242 e. The van der Waals surface area contributed by atoms with Crippen LogP contribution in [0.1, 0.15) is 24.8 Å². The summed E-state index contributed by atoms with van der Waals surface area (Å²) in [5.74, 6) is 0.525. The van der Waals surface area contributed by atoms with Gasteiger partial charge in [-0.05, 0) is 43.4 Å². The summed E-state index contributed by atoms with van der Waals surface area (Å²) in [5.41, 5.74) is 1.03. The lowest BCUT2D eigenvalue weighted by atomic mass is 10.2. The number of aliphatic hydroxyl groups is 1. The van der Waals surface area contributed by atoms with Crippen molar-refractivity contribution in [2.24, 2.45) is 0 Å². The molecule has 0 bridgehead atoms. The van der Waals surface area contributed by atoms with Gasteiger partial charge in [0.25, 0.3) is 0 Å². The highest BCUT2D eigenvalue weighted by Crippen LogP contribution is 2.16. The number of alkyl halides is 1. The van der Waals surface area contributed by atoms with Crippen LogP contribution in [0.3, 0.4) is 0 Å². The Bertz CT molecular complexity index is 488. The lowest BCUT2D eigenvalue weighted by Gasteiger charge is -2.17. The van der Waals surface area contributed by atoms with Crippen LogP contribution in [0.25, 0.3) is 0 Å². The van der Waals surface area contributed by atoms with Crippen molar-refractivity contribution in [3.8, 4) is 0 Å². The second-order valence-corrected chi connectivity index (χ2v) is 7.12. The zero-order valence-electron chi connectivity index (χ0n) is 11.8. The fraction of sp³-hybridized carbons (Fsp3) is 0.571. The minimum atomic E-state index is -3.42. The second-order valence-electron chi connectivity index (χ2n) is 4.69. The number of benzene rings is 1. The Labute approximate surface area is 126 Å². The lowest BCUT2D eigenvalue weighted by molar-refractivity contribution is 0.281. The van der Waals surface area contributed by atoms with Gasteiger partial charge in [0.2, 0.25) is 10.0 Å². The van der Waals surface area contributed by atoms with Crippen LogP contribution in [0.15, 0.2) is 29.2 Å². The van der Waals surface area contributed by atoms with E-state index in [1.807, 2.05) is 0 Å². The normalized spacial score (nSPS) is 12.0. The van der Waals surface area contributed by atoms with Crippen LogP contribution >= 0.6 is 11.6 Å². The third-order valence-electron chi connectivity index (χ3n) is 3.15. The van der Waals surface area contributed by atoms with Gasteiger partial charge >= 0.3 is 0 Å². The molecule has 4 nitrogen and oxygen atoms in total. The molecule has 1 N–H and O–H groups in total. The predicted molar refractivity (Wildman–Crippen MR) is 81.6 cm³/mol. The largest absolute Gasteiger partial charge is 0.396 e. The lowest BCUT2D eigenvalue weighted by Crippen LogP contribution is -2.28. The molecule has 0 unspecified atom stereocenters. The van der Waals surface area contributed by atoms with Gasteiger partial charge < -0.3 is 5.11 Å². The van der Waals surface area contributed by atoms with Crippen LogP contribution in [0.2, 0.25) is 0 Å². The molecule has 0 aliphatic rings. The Balaban J connectivity index is 2.66. The molecular formula is C14H22ClNO3S. The summed E-state index contributed by atoms with van der Waals surface area (Å²) in [7, 11) is -1.84. The Morgan fingerprint density at radius 2 is 1.80 bits per heavy atom. The molecule has 0 aliphatic carbocycles. The van der Waals surface area contributed by atoms with Gasteiger partial charge in [-0.2, -0.15) is 0 Å². The third kappa shape index (κ3) is 5.05. The molecule has 0 atom stereocenters. The van der Waals surface area contributed by atoms with E-state index in [0.717, 1.165) is 24.8 Å². The molecule has 0 saturated carbocycles. The molecule has 114 valence electrons. The minimum absolute atomic E-state index is 0.151. The highest BCUT2D eigenvalue weighted by atomic mass is 35.5. The number of unbranched alkanes of at least 4 members (excludes halogenated alkanes) is 2. The first-order valence-electron chi connectivity index (χ1n) is 6.74. The van der Waals surface area contributed by atoms with E-state index in [2.05, 4.69) is 0 Å². The van der Waals surface area contributed by atoms with Gasteiger partial charge in [0.15, 0.2) is 0 Å². The molecule has 0 radical (unpaired) electrons. The van der Waals surface area contributed by atoms with Crippen molar-refractivity contribution < 1.29 is 13.5 Å². The second kappa shape index (κ2) is 8.62. The molecule has 0 saturated heterocycles. The van der Waals surface area contributed by atoms with Crippen molar-refractivity contribution in [2.45, 2.75) is 30.6 Å². The van der Waals surface area contributed by atoms with E-state index < -0.39 is 10.0 Å². The number of nitrogens with zero attached hydrogens (tertiary/aromatic N) is 1. The summed E-state index contributed by atoms with van der Waals surface area (Å²) in [4.78, 5) is 0.306. The van der Waals surface area contributed by atoms with E-state index in [1.54, 1.807) is 31.3 Å². The van der Waals surface area contributed by atoms with Crippen LogP contribution < -0.4 is 0 Å². The van der Waals surface area contributed by atoms with Crippen LogP contribution in [0.5, 0.6) is 0 Å². The molecule has 1 aromatic carbocycles. The molecule has 0 heterocycles. The number of halogens is 1. The Kier molecular flexibility index (Phi) is 7.51. The number of aryl methyl sites for hydroxylation is 1. The predicted octanol–water partition coefficient (Wildman–Crippen LogP) is 2.25. The average Bonchev–Trinajstić information content (AvgIpc) is 2.44. The van der Waals surface area contributed by atoms with E-state index >= 15 is 0 Å². The van der Waals surface area contributed by atoms with Gasteiger partial charge in [-0.1, -0.05) is 12.1 Å². The zero-order valence-corrected chi connectivity index (χ0v) is 13.3. The van der Waals surface area contributed by atoms with E-state index in [0.29, 0.717) is 23.7 Å². The molecule has 0 fully saturated rings. The first-order chi connectivity index (χ1) is 9.52. The van der Waals surface area contributed by atoms with Gasteiger partial charge in [-0.25, -0.2) is 12.7 Å². The monoisotopic (exact) mass is 319 g/mol. The van der Waals surface area contributed by atoms with Crippen LogP contribution in [-0.2, 0) is 16.4 Å². The van der Waals surface area contributed by atoms with Crippen molar-refractivity contribution >= 4 is 21.6 Å². The summed E-state index contributed by atoms with van der Waals surface area (Å²) in [6, 6.07) is 6.85. The van der Waals surface area contributed by atoms with Crippen molar-refractivity contribution in [3.05, 3.63) is 29.8 Å². The minimum Gasteiger partial charge on any atom is -0.396 e. The molecule has 6 heteroatoms. The van der Waals surface area contributed by atoms with E-state index in [-0.39, 0.29) is 6.61 Å². The van der Waals surface area contributed by atoms with E-state index in [9.17, 15) is 8.42 Å². The summed E-state index contributed by atoms with van der Waals surface area (Å²) in [6.45, 7) is 0.615. The summed E-state index contributed by atoms with van der Waals surface area (Å²) >= 11 is 5.65. The summed E-state index contributed by atoms with van der Waals surface area (Å²) in [6.07, 6.45) is 3.02. The SMILES string of the molecule is CN(CCCCCO)S(=O)(=O)c1ccc(CCCl)cc1. The first kappa shape index (κ1) is 17.4. The molecule has 0 spiro atoms. The van der Waals surface area contributed by atoms with Crippen molar-refractivity contribution in [1.29, 1.82) is 0 Å². The number of hydrogen-bond donors (Lipinski definition) is 1. The molecule has 20 heavy (non-hydrogen) atoms. The van der Waals surface area contributed by atoms with Crippen LogP contribution in [0.4, 0.5) is 0 Å². The number of sulfonamides is 1. The standard InChI is InChI=1S/C14H22ClNO3S/c1-16(11-3-2-4-12-17)20(18,19)14-7-5-13(6-8-14)9-10-15/h5-8,17H,2-4,9-12H2,1H3. The molecule has 0 aromatic heterocycles. The average molecular weight is 320 g/mol. The number of rotatable bonds is 9. The zero-order chi connectivity index (χ0) is 15.0. The molecule has 0 aliphatic heterocycles. The molecule has 1 rings (SSSR count). The fourth-order valence-corrected chi connectivity index (χ4v) is 3.29. The first-order valence-corrected chi connectivity index (χ1v) is 8.72. The molecular weight excluding hydrogens is 298 g/mol. The van der Waals surface area contributed by atoms with Gasteiger partial charge in [0.1, 0.15) is 0 Å². The fourth-order valence-electron chi connectivity index (χ4n) is 1.86. The highest BCUT2D eigenvalue weighted by Gasteiger charge is 2.19. The van der Waals surface area contributed by atoms with Crippen LogP contribution in [0, 0.1) is 0 Å². The highest BCUT2D eigenvalue weighted by molar-refractivity contribution is 7.89. The smallest absolute Gasteiger partial charge is 0.242 e. The Morgan fingerprint density at radius 1 is 1.15 bits per heavy atom. The number of hydrogen-bond acceptors (Lipinski definition) is 3. The topological polar surface area (TPSA) is 57.6 Å². The maximum absolute atomic E-state index is 12.3. The third-order valence-corrected chi connectivity index (χ3v) is 5.21. The Hall–Kier alpha value is -0.620. The van der Waals surface area contributed by atoms with E-state index in [1.165, 1.54) is 4.31 Å². The van der Waals surface area contributed by atoms with E-state index in [4.69, 9.17) is 16.7 Å². The molecule has 1 aromatic rings. The summed E-state index contributed by atoms with van der Waals surface area (Å²) < 4.78 is 26.0. The van der Waals surface area contributed by atoms with Gasteiger partial charge in [-0.3, -0.25) is 0 Å². The number of aliphatic hydroxyl groups excluding tert-OH is 1. The van der Waals surface area contributed by atoms with Gasteiger partial charge in [-0.15, -0.1) is 11.6 Å². The van der Waals surface area contributed by atoms with Crippen molar-refractivity contribution in [2.75, 3.05) is 26.1 Å². The van der Waals surface area contributed by atoms with Crippen molar-refractivity contribution in [3.63, 3.8) is 0 Å². The Morgan fingerprint density at radius 3 is 2.35 bits per heavy atom.